The maximum Gasteiger partial charge on any atom is 0.167 e. The lowest BCUT2D eigenvalue weighted by atomic mass is 9.84. The third-order valence-electron chi connectivity index (χ3n) is 4.16. The van der Waals surface area contributed by atoms with Crippen molar-refractivity contribution >= 4 is 0 Å². The van der Waals surface area contributed by atoms with E-state index in [2.05, 4.69) is 6.92 Å². The smallest absolute Gasteiger partial charge is 0.167 e. The van der Waals surface area contributed by atoms with Crippen LogP contribution in [0, 0.1) is 5.92 Å². The van der Waals surface area contributed by atoms with Gasteiger partial charge < -0.3 is 14.6 Å². The van der Waals surface area contributed by atoms with Gasteiger partial charge in [-0.2, -0.15) is 0 Å². The Morgan fingerprint density at radius 3 is 2.70 bits per heavy atom. The van der Waals surface area contributed by atoms with Crippen LogP contribution in [0.4, 0.5) is 0 Å². The largest absolute Gasteiger partial charge is 0.490 e. The van der Waals surface area contributed by atoms with Crippen molar-refractivity contribution in [2.75, 3.05) is 6.61 Å². The molecule has 20 heavy (non-hydrogen) atoms. The third kappa shape index (κ3) is 3.45. The SMILES string of the molecule is CCOc1cccc(CO)c1OC1CCCCC1CC. The first-order valence-electron chi connectivity index (χ1n) is 7.82. The molecule has 1 aliphatic rings. The van der Waals surface area contributed by atoms with E-state index in [9.17, 15) is 5.11 Å². The first-order chi connectivity index (χ1) is 9.80. The fraction of sp³-hybridized carbons (Fsp3) is 0.647. The summed E-state index contributed by atoms with van der Waals surface area (Å²) in [6, 6.07) is 5.73. The quantitative estimate of drug-likeness (QED) is 0.857. The monoisotopic (exact) mass is 278 g/mol. The Hall–Kier alpha value is -1.22. The van der Waals surface area contributed by atoms with Crippen molar-refractivity contribution < 1.29 is 14.6 Å². The Labute approximate surface area is 121 Å². The topological polar surface area (TPSA) is 38.7 Å². The van der Waals surface area contributed by atoms with Crippen molar-refractivity contribution in [3.8, 4) is 11.5 Å². The van der Waals surface area contributed by atoms with Crippen molar-refractivity contribution in [2.24, 2.45) is 5.92 Å². The standard InChI is InChI=1S/C17H26O3/c1-3-13-8-5-6-10-15(13)20-17-14(12-18)9-7-11-16(17)19-4-2/h7,9,11,13,15,18H,3-6,8,10,12H2,1-2H3. The van der Waals surface area contributed by atoms with Crippen LogP contribution in [0.25, 0.3) is 0 Å². The first-order valence-corrected chi connectivity index (χ1v) is 7.82. The molecule has 1 N–H and O–H groups in total. The van der Waals surface area contributed by atoms with E-state index in [0.29, 0.717) is 12.5 Å². The number of benzene rings is 1. The van der Waals surface area contributed by atoms with Crippen LogP contribution in [0.1, 0.15) is 51.5 Å². The summed E-state index contributed by atoms with van der Waals surface area (Å²) in [5, 5.41) is 9.53. The maximum atomic E-state index is 9.53. The van der Waals surface area contributed by atoms with E-state index in [1.165, 1.54) is 19.3 Å². The average Bonchev–Trinajstić information content (AvgIpc) is 2.49. The van der Waals surface area contributed by atoms with Gasteiger partial charge in [-0.25, -0.2) is 0 Å². The highest BCUT2D eigenvalue weighted by atomic mass is 16.5. The van der Waals surface area contributed by atoms with Gasteiger partial charge in [-0.3, -0.25) is 0 Å². The zero-order valence-electron chi connectivity index (χ0n) is 12.6. The molecule has 0 spiro atoms. The fourth-order valence-corrected chi connectivity index (χ4v) is 3.04. The lowest BCUT2D eigenvalue weighted by molar-refractivity contribution is 0.0838. The molecule has 2 rings (SSSR count). The minimum Gasteiger partial charge on any atom is -0.490 e. The molecule has 0 aromatic heterocycles. The Morgan fingerprint density at radius 1 is 1.20 bits per heavy atom. The van der Waals surface area contributed by atoms with E-state index in [1.54, 1.807) is 0 Å². The molecule has 112 valence electrons. The molecule has 2 unspecified atom stereocenters. The van der Waals surface area contributed by atoms with Gasteiger partial charge in [-0.15, -0.1) is 0 Å². The van der Waals surface area contributed by atoms with Gasteiger partial charge in [0.1, 0.15) is 6.10 Å². The third-order valence-corrected chi connectivity index (χ3v) is 4.16. The van der Waals surface area contributed by atoms with Crippen LogP contribution in [0.5, 0.6) is 11.5 Å². The molecule has 3 heteroatoms. The molecule has 0 saturated heterocycles. The number of rotatable bonds is 6. The molecular weight excluding hydrogens is 252 g/mol. The number of hydrogen-bond acceptors (Lipinski definition) is 3. The molecule has 0 amide bonds. The fourth-order valence-electron chi connectivity index (χ4n) is 3.04. The summed E-state index contributed by atoms with van der Waals surface area (Å²) >= 11 is 0. The van der Waals surface area contributed by atoms with Gasteiger partial charge in [-0.1, -0.05) is 25.5 Å². The van der Waals surface area contributed by atoms with E-state index in [4.69, 9.17) is 9.47 Å². The van der Waals surface area contributed by atoms with Crippen LogP contribution in [-0.4, -0.2) is 17.8 Å². The van der Waals surface area contributed by atoms with Crippen LogP contribution in [0.2, 0.25) is 0 Å². The summed E-state index contributed by atoms with van der Waals surface area (Å²) in [4.78, 5) is 0. The van der Waals surface area contributed by atoms with Crippen molar-refractivity contribution in [3.05, 3.63) is 23.8 Å². The van der Waals surface area contributed by atoms with Crippen LogP contribution >= 0.6 is 0 Å². The highest BCUT2D eigenvalue weighted by Crippen LogP contribution is 2.37. The van der Waals surface area contributed by atoms with Gasteiger partial charge in [0, 0.05) is 5.56 Å². The Morgan fingerprint density at radius 2 is 2.00 bits per heavy atom. The predicted octanol–water partition coefficient (Wildman–Crippen LogP) is 3.93. The van der Waals surface area contributed by atoms with Crippen molar-refractivity contribution in [1.82, 2.24) is 0 Å². The van der Waals surface area contributed by atoms with Gasteiger partial charge in [0.15, 0.2) is 11.5 Å². The number of hydrogen-bond donors (Lipinski definition) is 1. The molecule has 0 aliphatic heterocycles. The van der Waals surface area contributed by atoms with E-state index in [-0.39, 0.29) is 12.7 Å². The molecule has 1 aromatic carbocycles. The molecular formula is C17H26O3. The van der Waals surface area contributed by atoms with Crippen LogP contribution in [0.3, 0.4) is 0 Å². The second-order valence-electron chi connectivity index (χ2n) is 5.44. The molecule has 1 aromatic rings. The van der Waals surface area contributed by atoms with Gasteiger partial charge in [0.05, 0.1) is 13.2 Å². The van der Waals surface area contributed by atoms with Gasteiger partial charge in [0.2, 0.25) is 0 Å². The van der Waals surface area contributed by atoms with Gasteiger partial charge in [-0.05, 0) is 44.6 Å². The maximum absolute atomic E-state index is 9.53. The van der Waals surface area contributed by atoms with Crippen molar-refractivity contribution in [3.63, 3.8) is 0 Å². The lowest BCUT2D eigenvalue weighted by Gasteiger charge is -2.32. The van der Waals surface area contributed by atoms with Gasteiger partial charge in [0.25, 0.3) is 0 Å². The number of aliphatic hydroxyl groups excluding tert-OH is 1. The molecule has 1 fully saturated rings. The Kier molecular flexibility index (Phi) is 5.72. The summed E-state index contributed by atoms with van der Waals surface area (Å²) in [7, 11) is 0. The van der Waals surface area contributed by atoms with Gasteiger partial charge >= 0.3 is 0 Å². The zero-order chi connectivity index (χ0) is 14.4. The molecule has 0 heterocycles. The molecule has 1 saturated carbocycles. The van der Waals surface area contributed by atoms with Crippen molar-refractivity contribution in [1.29, 1.82) is 0 Å². The van der Waals surface area contributed by atoms with Crippen LogP contribution < -0.4 is 9.47 Å². The molecule has 0 bridgehead atoms. The Balaban J connectivity index is 2.21. The minimum absolute atomic E-state index is 0.0141. The Bertz CT molecular complexity index is 417. The number of para-hydroxylation sites is 1. The summed E-state index contributed by atoms with van der Waals surface area (Å²) in [6.07, 6.45) is 6.28. The normalized spacial score (nSPS) is 22.6. The highest BCUT2D eigenvalue weighted by Gasteiger charge is 2.27. The first kappa shape index (κ1) is 15.2. The lowest BCUT2D eigenvalue weighted by Crippen LogP contribution is -2.30. The molecule has 2 atom stereocenters. The summed E-state index contributed by atoms with van der Waals surface area (Å²) in [5.41, 5.74) is 0.816. The minimum atomic E-state index is -0.0141. The van der Waals surface area contributed by atoms with E-state index >= 15 is 0 Å². The summed E-state index contributed by atoms with van der Waals surface area (Å²) in [5.74, 6) is 2.10. The summed E-state index contributed by atoms with van der Waals surface area (Å²) < 4.78 is 11.9. The highest BCUT2D eigenvalue weighted by molar-refractivity contribution is 5.46. The molecule has 3 nitrogen and oxygen atoms in total. The van der Waals surface area contributed by atoms with E-state index in [1.807, 2.05) is 25.1 Å². The molecule has 1 aliphatic carbocycles. The van der Waals surface area contributed by atoms with Crippen molar-refractivity contribution in [2.45, 2.75) is 58.7 Å². The predicted molar refractivity (Wildman–Crippen MR) is 80.2 cm³/mol. The number of aliphatic hydroxyl groups is 1. The van der Waals surface area contributed by atoms with E-state index < -0.39 is 0 Å². The molecule has 0 radical (unpaired) electrons. The van der Waals surface area contributed by atoms with E-state index in [0.717, 1.165) is 29.9 Å². The number of ether oxygens (including phenoxy) is 2. The summed E-state index contributed by atoms with van der Waals surface area (Å²) in [6.45, 7) is 4.78. The van der Waals surface area contributed by atoms with Crippen LogP contribution in [0.15, 0.2) is 18.2 Å². The van der Waals surface area contributed by atoms with Crippen LogP contribution in [-0.2, 0) is 6.61 Å². The second-order valence-corrected chi connectivity index (χ2v) is 5.44. The average molecular weight is 278 g/mol. The zero-order valence-corrected chi connectivity index (χ0v) is 12.6. The second kappa shape index (κ2) is 7.53.